The predicted molar refractivity (Wildman–Crippen MR) is 54.2 cm³/mol. The van der Waals surface area contributed by atoms with Gasteiger partial charge in [-0.15, -0.1) is 0 Å². The molecule has 0 radical (unpaired) electrons. The van der Waals surface area contributed by atoms with Crippen LogP contribution in [-0.4, -0.2) is 28.5 Å². The van der Waals surface area contributed by atoms with Gasteiger partial charge >= 0.3 is 6.03 Å². The second kappa shape index (κ2) is 3.56. The normalized spacial score (nSPS) is 16.4. The topological polar surface area (TPSA) is 78.1 Å². The Balaban J connectivity index is 2.20. The summed E-state index contributed by atoms with van der Waals surface area (Å²) in [5.74, 6) is 0.907. The summed E-state index contributed by atoms with van der Waals surface area (Å²) in [5.41, 5.74) is 0. The fraction of sp³-hybridized carbons (Fsp3) is 0.222. The van der Waals surface area contributed by atoms with Crippen LogP contribution in [-0.2, 0) is 4.79 Å². The predicted octanol–water partition coefficient (Wildman–Crippen LogP) is 0.499. The number of amides is 3. The Hall–Kier alpha value is -2.11. The van der Waals surface area contributed by atoms with Gasteiger partial charge in [0.1, 0.15) is 11.6 Å². The molecule has 2 N–H and O–H groups in total. The zero-order valence-corrected chi connectivity index (χ0v) is 7.99. The summed E-state index contributed by atoms with van der Waals surface area (Å²) in [6.07, 6.45) is 3.39. The summed E-state index contributed by atoms with van der Waals surface area (Å²) in [7, 11) is 0. The zero-order chi connectivity index (χ0) is 10.8. The summed E-state index contributed by atoms with van der Waals surface area (Å²) in [6, 6.07) is -0.425. The first-order valence-electron chi connectivity index (χ1n) is 4.49. The van der Waals surface area contributed by atoms with Crippen molar-refractivity contribution in [2.24, 2.45) is 0 Å². The van der Waals surface area contributed by atoms with Gasteiger partial charge in [0.25, 0.3) is 0 Å². The van der Waals surface area contributed by atoms with E-state index in [1.165, 1.54) is 11.1 Å². The number of anilines is 1. The molecule has 0 saturated carbocycles. The number of imidazole rings is 1. The SMILES string of the molecule is C=Cc1ncc(N2CCC(=O)NC2=O)[nH]1. The molecule has 15 heavy (non-hydrogen) atoms. The van der Waals surface area contributed by atoms with Crippen molar-refractivity contribution < 1.29 is 9.59 Å². The molecule has 78 valence electrons. The van der Waals surface area contributed by atoms with E-state index < -0.39 is 6.03 Å². The molecular weight excluding hydrogens is 196 g/mol. The minimum atomic E-state index is -0.425. The van der Waals surface area contributed by atoms with E-state index in [1.807, 2.05) is 0 Å². The van der Waals surface area contributed by atoms with Crippen LogP contribution in [0.5, 0.6) is 0 Å². The number of nitrogens with zero attached hydrogens (tertiary/aromatic N) is 2. The maximum absolute atomic E-state index is 11.4. The van der Waals surface area contributed by atoms with E-state index in [-0.39, 0.29) is 5.91 Å². The third-order valence-corrected chi connectivity index (χ3v) is 2.12. The lowest BCUT2D eigenvalue weighted by Crippen LogP contribution is -2.49. The fourth-order valence-electron chi connectivity index (χ4n) is 1.36. The summed E-state index contributed by atoms with van der Waals surface area (Å²) in [5, 5.41) is 2.23. The molecule has 0 atom stereocenters. The Morgan fingerprint density at radius 1 is 1.53 bits per heavy atom. The van der Waals surface area contributed by atoms with Crippen LogP contribution >= 0.6 is 0 Å². The third kappa shape index (κ3) is 1.74. The third-order valence-electron chi connectivity index (χ3n) is 2.12. The van der Waals surface area contributed by atoms with Gasteiger partial charge in [-0.05, 0) is 6.08 Å². The molecule has 1 saturated heterocycles. The summed E-state index contributed by atoms with van der Waals surface area (Å²) in [6.45, 7) is 3.92. The van der Waals surface area contributed by atoms with E-state index in [0.717, 1.165) is 0 Å². The smallest absolute Gasteiger partial charge is 0.325 e. The van der Waals surface area contributed by atoms with Crippen molar-refractivity contribution in [2.75, 3.05) is 11.4 Å². The largest absolute Gasteiger partial charge is 0.329 e. The molecule has 0 bridgehead atoms. The Labute approximate surface area is 86.0 Å². The van der Waals surface area contributed by atoms with E-state index in [2.05, 4.69) is 21.9 Å². The summed E-state index contributed by atoms with van der Waals surface area (Å²) < 4.78 is 0. The first-order chi connectivity index (χ1) is 7.20. The number of H-pyrrole nitrogens is 1. The van der Waals surface area contributed by atoms with Gasteiger partial charge in [-0.25, -0.2) is 9.78 Å². The Morgan fingerprint density at radius 3 is 2.93 bits per heavy atom. The van der Waals surface area contributed by atoms with Gasteiger partial charge in [0, 0.05) is 13.0 Å². The molecule has 1 aliphatic rings. The van der Waals surface area contributed by atoms with E-state index in [0.29, 0.717) is 24.6 Å². The average Bonchev–Trinajstić information content (AvgIpc) is 2.66. The molecule has 3 amide bonds. The lowest BCUT2D eigenvalue weighted by atomic mass is 10.3. The highest BCUT2D eigenvalue weighted by Crippen LogP contribution is 2.14. The summed E-state index contributed by atoms with van der Waals surface area (Å²) in [4.78, 5) is 30.7. The van der Waals surface area contributed by atoms with Gasteiger partial charge in [0.05, 0.1) is 6.20 Å². The molecule has 6 heteroatoms. The van der Waals surface area contributed by atoms with Gasteiger partial charge in [-0.1, -0.05) is 6.58 Å². The highest BCUT2D eigenvalue weighted by molar-refractivity contribution is 6.05. The van der Waals surface area contributed by atoms with Gasteiger partial charge in [-0.2, -0.15) is 0 Å². The number of carbonyl (C=O) groups excluding carboxylic acids is 2. The number of nitrogens with one attached hydrogen (secondary N) is 2. The standard InChI is InChI=1S/C9H10N4O2/c1-2-6-10-5-7(11-6)13-4-3-8(14)12-9(13)15/h2,5H,1,3-4H2,(H,10,11)(H,12,14,15). The van der Waals surface area contributed by atoms with Crippen molar-refractivity contribution in [3.63, 3.8) is 0 Å². The van der Waals surface area contributed by atoms with Crippen LogP contribution in [0.15, 0.2) is 12.8 Å². The molecule has 0 spiro atoms. The molecule has 0 aliphatic carbocycles. The number of aromatic nitrogens is 2. The van der Waals surface area contributed by atoms with Crippen LogP contribution in [0.4, 0.5) is 10.6 Å². The molecule has 1 aromatic rings. The first-order valence-corrected chi connectivity index (χ1v) is 4.49. The molecule has 0 unspecified atom stereocenters. The number of carbonyl (C=O) groups is 2. The second-order valence-electron chi connectivity index (χ2n) is 3.11. The van der Waals surface area contributed by atoms with Gasteiger partial charge in [-0.3, -0.25) is 15.0 Å². The monoisotopic (exact) mass is 206 g/mol. The van der Waals surface area contributed by atoms with Crippen LogP contribution in [0.1, 0.15) is 12.2 Å². The van der Waals surface area contributed by atoms with Crippen molar-refractivity contribution in [1.29, 1.82) is 0 Å². The Bertz CT molecular complexity index is 424. The van der Waals surface area contributed by atoms with Crippen LogP contribution in [0.3, 0.4) is 0 Å². The summed E-state index contributed by atoms with van der Waals surface area (Å²) >= 11 is 0. The number of hydrogen-bond donors (Lipinski definition) is 2. The van der Waals surface area contributed by atoms with E-state index >= 15 is 0 Å². The first kappa shape index (κ1) is 9.45. The van der Waals surface area contributed by atoms with Gasteiger partial charge in [0.2, 0.25) is 5.91 Å². The van der Waals surface area contributed by atoms with Crippen molar-refractivity contribution in [3.8, 4) is 0 Å². The number of imide groups is 1. The van der Waals surface area contributed by atoms with Crippen LogP contribution in [0.2, 0.25) is 0 Å². The fourth-order valence-corrected chi connectivity index (χ4v) is 1.36. The molecule has 0 aromatic carbocycles. The van der Waals surface area contributed by atoms with Crippen LogP contribution in [0.25, 0.3) is 6.08 Å². The molecule has 1 fully saturated rings. The van der Waals surface area contributed by atoms with E-state index in [4.69, 9.17) is 0 Å². The molecule has 2 rings (SSSR count). The average molecular weight is 206 g/mol. The molecule has 1 aliphatic heterocycles. The zero-order valence-electron chi connectivity index (χ0n) is 7.99. The van der Waals surface area contributed by atoms with Crippen molar-refractivity contribution in [2.45, 2.75) is 6.42 Å². The maximum Gasteiger partial charge on any atom is 0.329 e. The molecular formula is C9H10N4O2. The lowest BCUT2D eigenvalue weighted by Gasteiger charge is -2.24. The van der Waals surface area contributed by atoms with Crippen LogP contribution in [0, 0.1) is 0 Å². The van der Waals surface area contributed by atoms with Crippen molar-refractivity contribution >= 4 is 23.8 Å². The molecule has 1 aromatic heterocycles. The number of hydrogen-bond acceptors (Lipinski definition) is 3. The Kier molecular flexibility index (Phi) is 2.24. The number of rotatable bonds is 2. The minimum Gasteiger partial charge on any atom is -0.325 e. The number of aromatic amines is 1. The number of urea groups is 1. The highest BCUT2D eigenvalue weighted by atomic mass is 16.2. The lowest BCUT2D eigenvalue weighted by molar-refractivity contribution is -0.120. The minimum absolute atomic E-state index is 0.250. The second-order valence-corrected chi connectivity index (χ2v) is 3.11. The van der Waals surface area contributed by atoms with E-state index in [1.54, 1.807) is 6.08 Å². The van der Waals surface area contributed by atoms with E-state index in [9.17, 15) is 9.59 Å². The maximum atomic E-state index is 11.4. The van der Waals surface area contributed by atoms with Crippen LogP contribution < -0.4 is 10.2 Å². The van der Waals surface area contributed by atoms with Crippen molar-refractivity contribution in [3.05, 3.63) is 18.6 Å². The molecule has 2 heterocycles. The molecule has 6 nitrogen and oxygen atoms in total. The van der Waals surface area contributed by atoms with Gasteiger partial charge in [0.15, 0.2) is 0 Å². The van der Waals surface area contributed by atoms with Gasteiger partial charge < -0.3 is 4.98 Å². The van der Waals surface area contributed by atoms with Crippen molar-refractivity contribution in [1.82, 2.24) is 15.3 Å². The quantitative estimate of drug-likeness (QED) is 0.739. The highest BCUT2D eigenvalue weighted by Gasteiger charge is 2.25. The Morgan fingerprint density at radius 2 is 2.33 bits per heavy atom.